The highest BCUT2D eigenvalue weighted by molar-refractivity contribution is 5.93. The molecule has 1 aliphatic heterocycles. The molecule has 3 aromatic carbocycles. The predicted octanol–water partition coefficient (Wildman–Crippen LogP) is 3.24. The second-order valence-electron chi connectivity index (χ2n) is 7.44. The Morgan fingerprint density at radius 2 is 1.65 bits per heavy atom. The molecule has 0 radical (unpaired) electrons. The third kappa shape index (κ3) is 4.09. The summed E-state index contributed by atoms with van der Waals surface area (Å²) in [5.41, 5.74) is 8.41. The van der Waals surface area contributed by atoms with Crippen LogP contribution in [0.5, 0.6) is 0 Å². The Kier molecular flexibility index (Phi) is 5.87. The lowest BCUT2D eigenvalue weighted by molar-refractivity contribution is -0.121. The van der Waals surface area contributed by atoms with Crippen LogP contribution in [0.1, 0.15) is 16.7 Å². The van der Waals surface area contributed by atoms with Gasteiger partial charge in [-0.2, -0.15) is 5.26 Å². The number of rotatable bonds is 6. The fourth-order valence-electron chi connectivity index (χ4n) is 3.97. The van der Waals surface area contributed by atoms with Crippen molar-refractivity contribution >= 4 is 17.3 Å². The summed E-state index contributed by atoms with van der Waals surface area (Å²) >= 11 is 0. The van der Waals surface area contributed by atoms with E-state index in [1.807, 2.05) is 60.7 Å². The number of primary amides is 1. The Bertz CT molecular complexity index is 1090. The molecular weight excluding hydrogens is 388 g/mol. The first kappa shape index (κ1) is 20.5. The van der Waals surface area contributed by atoms with Gasteiger partial charge in [0.15, 0.2) is 5.54 Å². The summed E-state index contributed by atoms with van der Waals surface area (Å²) < 4.78 is 5.44. The van der Waals surface area contributed by atoms with E-state index < -0.39 is 11.4 Å². The van der Waals surface area contributed by atoms with Gasteiger partial charge in [-0.05, 0) is 41.5 Å². The van der Waals surface area contributed by atoms with E-state index in [9.17, 15) is 10.1 Å². The van der Waals surface area contributed by atoms with E-state index in [0.717, 1.165) is 29.9 Å². The minimum Gasteiger partial charge on any atom is -0.378 e. The maximum Gasteiger partial charge on any atom is 0.252 e. The number of amides is 1. The molecule has 1 fully saturated rings. The zero-order chi connectivity index (χ0) is 21.7. The van der Waals surface area contributed by atoms with Gasteiger partial charge in [0.2, 0.25) is 0 Å². The van der Waals surface area contributed by atoms with E-state index in [0.29, 0.717) is 24.5 Å². The summed E-state index contributed by atoms with van der Waals surface area (Å²) in [7, 11) is 0. The van der Waals surface area contributed by atoms with Gasteiger partial charge in [0.05, 0.1) is 24.8 Å². The number of morpholine rings is 1. The van der Waals surface area contributed by atoms with Crippen LogP contribution in [0.3, 0.4) is 0 Å². The van der Waals surface area contributed by atoms with E-state index in [1.54, 1.807) is 18.2 Å². The van der Waals surface area contributed by atoms with Crippen molar-refractivity contribution in [3.05, 3.63) is 95.6 Å². The van der Waals surface area contributed by atoms with Crippen LogP contribution in [-0.4, -0.2) is 32.2 Å². The molecule has 4 rings (SSSR count). The normalized spacial score (nSPS) is 15.5. The Labute approximate surface area is 181 Å². The summed E-state index contributed by atoms with van der Waals surface area (Å²) in [6.07, 6.45) is 0. The molecule has 0 bridgehead atoms. The number of benzene rings is 3. The van der Waals surface area contributed by atoms with Crippen LogP contribution < -0.4 is 16.0 Å². The smallest absolute Gasteiger partial charge is 0.252 e. The minimum atomic E-state index is -1.29. The van der Waals surface area contributed by atoms with Gasteiger partial charge in [-0.25, -0.2) is 0 Å². The van der Waals surface area contributed by atoms with Gasteiger partial charge in [-0.1, -0.05) is 48.5 Å². The largest absolute Gasteiger partial charge is 0.378 e. The first-order chi connectivity index (χ1) is 15.1. The highest BCUT2D eigenvalue weighted by Crippen LogP contribution is 2.35. The number of hydrogen-bond donors (Lipinski definition) is 2. The monoisotopic (exact) mass is 412 g/mol. The van der Waals surface area contributed by atoms with Crippen molar-refractivity contribution in [2.24, 2.45) is 5.73 Å². The average Bonchev–Trinajstić information content (AvgIpc) is 2.84. The Balaban J connectivity index is 1.79. The number of anilines is 2. The van der Waals surface area contributed by atoms with E-state index >= 15 is 0 Å². The Morgan fingerprint density at radius 1 is 0.968 bits per heavy atom. The molecule has 31 heavy (non-hydrogen) atoms. The van der Waals surface area contributed by atoms with Gasteiger partial charge in [0.25, 0.3) is 5.91 Å². The molecule has 1 unspecified atom stereocenters. The second-order valence-corrected chi connectivity index (χ2v) is 7.44. The Hall–Kier alpha value is -3.82. The summed E-state index contributed by atoms with van der Waals surface area (Å²) in [6.45, 7) is 3.07. The molecule has 0 saturated carbocycles. The first-order valence-electron chi connectivity index (χ1n) is 10.2. The van der Waals surface area contributed by atoms with Crippen LogP contribution in [0.2, 0.25) is 0 Å². The van der Waals surface area contributed by atoms with Crippen LogP contribution in [0, 0.1) is 11.3 Å². The molecule has 156 valence electrons. The van der Waals surface area contributed by atoms with Crippen LogP contribution >= 0.6 is 0 Å². The molecule has 1 amide bonds. The summed E-state index contributed by atoms with van der Waals surface area (Å²) in [4.78, 5) is 15.3. The molecule has 1 heterocycles. The minimum absolute atomic E-state index is 0.499. The predicted molar refractivity (Wildman–Crippen MR) is 121 cm³/mol. The summed E-state index contributed by atoms with van der Waals surface area (Å²) in [5, 5.41) is 12.6. The fraction of sp³-hybridized carbons (Fsp3) is 0.200. The van der Waals surface area contributed by atoms with Gasteiger partial charge in [-0.3, -0.25) is 4.79 Å². The van der Waals surface area contributed by atoms with Gasteiger partial charge < -0.3 is 20.7 Å². The number of nitriles is 1. The van der Waals surface area contributed by atoms with Crippen LogP contribution in [0.25, 0.3) is 0 Å². The van der Waals surface area contributed by atoms with Gasteiger partial charge >= 0.3 is 0 Å². The van der Waals surface area contributed by atoms with E-state index in [1.165, 1.54) is 0 Å². The maximum atomic E-state index is 13.0. The zero-order valence-corrected chi connectivity index (χ0v) is 17.1. The third-order valence-corrected chi connectivity index (χ3v) is 5.58. The lowest BCUT2D eigenvalue weighted by Crippen LogP contribution is -2.48. The van der Waals surface area contributed by atoms with Crippen molar-refractivity contribution in [2.45, 2.75) is 5.54 Å². The third-order valence-electron chi connectivity index (χ3n) is 5.58. The number of nitrogens with one attached hydrogen (secondary N) is 1. The fourth-order valence-corrected chi connectivity index (χ4v) is 3.97. The molecular formula is C25H24N4O2. The van der Waals surface area contributed by atoms with Crippen molar-refractivity contribution in [1.82, 2.24) is 0 Å². The number of nitrogens with two attached hydrogens (primary N) is 1. The topological polar surface area (TPSA) is 91.4 Å². The molecule has 1 saturated heterocycles. The van der Waals surface area contributed by atoms with Crippen LogP contribution in [0.4, 0.5) is 11.4 Å². The summed E-state index contributed by atoms with van der Waals surface area (Å²) in [5.74, 6) is -0.528. The zero-order valence-electron chi connectivity index (χ0n) is 17.1. The maximum absolute atomic E-state index is 13.0. The van der Waals surface area contributed by atoms with Crippen molar-refractivity contribution < 1.29 is 9.53 Å². The molecule has 0 spiro atoms. The van der Waals surface area contributed by atoms with Crippen molar-refractivity contribution in [3.63, 3.8) is 0 Å². The number of carbonyl (C=O) groups is 1. The molecule has 1 aliphatic rings. The van der Waals surface area contributed by atoms with E-state index in [-0.39, 0.29) is 0 Å². The van der Waals surface area contributed by atoms with Gasteiger partial charge in [-0.15, -0.1) is 0 Å². The molecule has 3 N–H and O–H groups in total. The number of carbonyl (C=O) groups excluding carboxylic acids is 1. The van der Waals surface area contributed by atoms with Crippen molar-refractivity contribution in [1.29, 1.82) is 5.26 Å². The molecule has 1 atom stereocenters. The highest BCUT2D eigenvalue weighted by Gasteiger charge is 2.40. The number of nitrogens with zero attached hydrogens (tertiary/aromatic N) is 2. The first-order valence-corrected chi connectivity index (χ1v) is 10.2. The molecule has 3 aromatic rings. The van der Waals surface area contributed by atoms with Crippen molar-refractivity contribution in [2.75, 3.05) is 36.5 Å². The van der Waals surface area contributed by atoms with E-state index in [4.69, 9.17) is 10.5 Å². The van der Waals surface area contributed by atoms with Gasteiger partial charge in [0.1, 0.15) is 0 Å². The average molecular weight is 412 g/mol. The summed E-state index contributed by atoms with van der Waals surface area (Å²) in [6, 6.07) is 26.5. The molecule has 0 aliphatic carbocycles. The lowest BCUT2D eigenvalue weighted by Gasteiger charge is -2.35. The number of ether oxygens (including phenoxy) is 1. The van der Waals surface area contributed by atoms with Crippen LogP contribution in [-0.2, 0) is 15.1 Å². The quantitative estimate of drug-likeness (QED) is 0.649. The lowest BCUT2D eigenvalue weighted by atomic mass is 9.81. The molecule has 0 aromatic heterocycles. The van der Waals surface area contributed by atoms with Gasteiger partial charge in [0, 0.05) is 24.5 Å². The number of hydrogen-bond acceptors (Lipinski definition) is 5. The Morgan fingerprint density at radius 3 is 2.29 bits per heavy atom. The molecule has 6 nitrogen and oxygen atoms in total. The molecule has 6 heteroatoms. The SMILES string of the molecule is N#Cc1cccc(NC(C(N)=O)(c2ccccc2)c2ccc(N3CCOCC3)cc2)c1. The van der Waals surface area contributed by atoms with Crippen LogP contribution in [0.15, 0.2) is 78.9 Å². The standard InChI is InChI=1S/C25H24N4O2/c26-18-19-5-4-8-22(17-19)28-25(24(27)30,20-6-2-1-3-7-20)21-9-11-23(12-10-21)29-13-15-31-16-14-29/h1-12,17,28H,13-16H2,(H2,27,30). The second kappa shape index (κ2) is 8.90. The van der Waals surface area contributed by atoms with E-state index in [2.05, 4.69) is 16.3 Å². The van der Waals surface area contributed by atoms with Crippen molar-refractivity contribution in [3.8, 4) is 6.07 Å². The highest BCUT2D eigenvalue weighted by atomic mass is 16.5.